The lowest BCUT2D eigenvalue weighted by Crippen LogP contribution is -2.27. The van der Waals surface area contributed by atoms with Crippen molar-refractivity contribution in [2.45, 2.75) is 20.0 Å². The van der Waals surface area contributed by atoms with Crippen LogP contribution in [0.25, 0.3) is 0 Å². The lowest BCUT2D eigenvalue weighted by atomic mass is 9.95. The molecule has 2 N–H and O–H groups in total. The van der Waals surface area contributed by atoms with Crippen molar-refractivity contribution >= 4 is 5.82 Å². The van der Waals surface area contributed by atoms with Gasteiger partial charge in [0, 0.05) is 24.8 Å². The molecular weight excluding hydrogens is 233 g/mol. The molecule has 1 aromatic rings. The van der Waals surface area contributed by atoms with E-state index in [0.29, 0.717) is 12.4 Å². The fraction of sp³-hybridized carbons (Fsp3) is 0.545. The van der Waals surface area contributed by atoms with Crippen molar-refractivity contribution in [3.05, 3.63) is 23.9 Å². The van der Waals surface area contributed by atoms with Gasteiger partial charge in [-0.05, 0) is 12.1 Å². The minimum Gasteiger partial charge on any atom is -0.396 e. The van der Waals surface area contributed by atoms with E-state index in [1.807, 2.05) is 13.8 Å². The van der Waals surface area contributed by atoms with Crippen LogP contribution in [0.3, 0.4) is 0 Å². The number of hydrogen-bond donors (Lipinski definition) is 2. The van der Waals surface area contributed by atoms with Gasteiger partial charge in [-0.15, -0.1) is 0 Å². The molecule has 1 heterocycles. The van der Waals surface area contributed by atoms with Crippen LogP contribution in [0.2, 0.25) is 0 Å². The van der Waals surface area contributed by atoms with Crippen LogP contribution in [0.4, 0.5) is 19.0 Å². The van der Waals surface area contributed by atoms with Gasteiger partial charge in [0.05, 0.1) is 5.56 Å². The number of nitrogens with one attached hydrogen (secondary N) is 1. The number of aliphatic hydroxyl groups excluding tert-OH is 1. The van der Waals surface area contributed by atoms with E-state index < -0.39 is 11.7 Å². The third-order valence-corrected chi connectivity index (χ3v) is 2.27. The van der Waals surface area contributed by atoms with Gasteiger partial charge in [0.2, 0.25) is 0 Å². The molecule has 3 nitrogen and oxygen atoms in total. The quantitative estimate of drug-likeness (QED) is 0.860. The van der Waals surface area contributed by atoms with Gasteiger partial charge in [-0.1, -0.05) is 13.8 Å². The molecule has 0 saturated carbocycles. The Kier molecular flexibility index (Phi) is 3.98. The van der Waals surface area contributed by atoms with E-state index in [1.165, 1.54) is 6.07 Å². The predicted octanol–water partition coefficient (Wildman–Crippen LogP) is 2.53. The highest BCUT2D eigenvalue weighted by Gasteiger charge is 2.30. The van der Waals surface area contributed by atoms with Gasteiger partial charge in [-0.25, -0.2) is 4.98 Å². The molecule has 0 saturated heterocycles. The molecule has 0 fully saturated rings. The second-order valence-electron chi connectivity index (χ2n) is 4.61. The number of nitrogens with zero attached hydrogens (tertiary/aromatic N) is 1. The number of alkyl halides is 3. The number of hydrogen-bond acceptors (Lipinski definition) is 3. The molecule has 17 heavy (non-hydrogen) atoms. The number of halogens is 3. The first-order valence-corrected chi connectivity index (χ1v) is 5.12. The Balaban J connectivity index is 2.64. The molecule has 0 unspecified atom stereocenters. The zero-order valence-corrected chi connectivity index (χ0v) is 9.67. The van der Waals surface area contributed by atoms with Crippen LogP contribution < -0.4 is 5.32 Å². The van der Waals surface area contributed by atoms with Crippen molar-refractivity contribution in [1.29, 1.82) is 0 Å². The molecule has 6 heteroatoms. The summed E-state index contributed by atoms with van der Waals surface area (Å²) >= 11 is 0. The SMILES string of the molecule is CC(C)(CO)CNc1ccc(C(F)(F)F)cn1. The zero-order chi connectivity index (χ0) is 13.1. The average molecular weight is 248 g/mol. The highest BCUT2D eigenvalue weighted by Crippen LogP contribution is 2.28. The topological polar surface area (TPSA) is 45.1 Å². The summed E-state index contributed by atoms with van der Waals surface area (Å²) in [5, 5.41) is 11.9. The first-order valence-electron chi connectivity index (χ1n) is 5.12. The molecular formula is C11H15F3N2O. The van der Waals surface area contributed by atoms with Gasteiger partial charge in [0.1, 0.15) is 5.82 Å². The number of anilines is 1. The van der Waals surface area contributed by atoms with E-state index in [1.54, 1.807) is 0 Å². The summed E-state index contributed by atoms with van der Waals surface area (Å²) in [4.78, 5) is 3.67. The summed E-state index contributed by atoms with van der Waals surface area (Å²) in [6.45, 7) is 4.09. The Labute approximate surface area is 97.7 Å². The lowest BCUT2D eigenvalue weighted by molar-refractivity contribution is -0.137. The molecule has 0 amide bonds. The fourth-order valence-electron chi connectivity index (χ4n) is 1.05. The molecule has 0 aromatic carbocycles. The first-order chi connectivity index (χ1) is 7.74. The van der Waals surface area contributed by atoms with Crippen molar-refractivity contribution in [3.8, 4) is 0 Å². The maximum atomic E-state index is 12.3. The number of pyridine rings is 1. The highest BCUT2D eigenvalue weighted by atomic mass is 19.4. The van der Waals surface area contributed by atoms with Crippen molar-refractivity contribution < 1.29 is 18.3 Å². The van der Waals surface area contributed by atoms with Crippen molar-refractivity contribution in [2.24, 2.45) is 5.41 Å². The molecule has 0 aliphatic rings. The molecule has 0 spiro atoms. The third kappa shape index (κ3) is 4.22. The van der Waals surface area contributed by atoms with E-state index in [-0.39, 0.29) is 12.0 Å². The van der Waals surface area contributed by atoms with E-state index in [2.05, 4.69) is 10.3 Å². The Morgan fingerprint density at radius 3 is 2.35 bits per heavy atom. The van der Waals surface area contributed by atoms with E-state index >= 15 is 0 Å². The number of aliphatic hydroxyl groups is 1. The van der Waals surface area contributed by atoms with Crippen LogP contribution in [0.15, 0.2) is 18.3 Å². The fourth-order valence-corrected chi connectivity index (χ4v) is 1.05. The second kappa shape index (κ2) is 4.91. The monoisotopic (exact) mass is 248 g/mol. The van der Waals surface area contributed by atoms with Gasteiger partial charge in [-0.3, -0.25) is 0 Å². The van der Waals surface area contributed by atoms with Gasteiger partial charge in [0.25, 0.3) is 0 Å². The first kappa shape index (κ1) is 13.8. The van der Waals surface area contributed by atoms with Crippen LogP contribution in [-0.2, 0) is 6.18 Å². The normalized spacial score (nSPS) is 12.6. The molecule has 1 rings (SSSR count). The van der Waals surface area contributed by atoms with Crippen LogP contribution in [0.5, 0.6) is 0 Å². The maximum absolute atomic E-state index is 12.3. The van der Waals surface area contributed by atoms with E-state index in [4.69, 9.17) is 5.11 Å². The van der Waals surface area contributed by atoms with Crippen molar-refractivity contribution in [1.82, 2.24) is 4.98 Å². The largest absolute Gasteiger partial charge is 0.417 e. The number of rotatable bonds is 4. The summed E-state index contributed by atoms with van der Waals surface area (Å²) in [6.07, 6.45) is -3.58. The summed E-state index contributed by atoms with van der Waals surface area (Å²) in [6, 6.07) is 2.25. The zero-order valence-electron chi connectivity index (χ0n) is 9.67. The Morgan fingerprint density at radius 1 is 1.29 bits per heavy atom. The lowest BCUT2D eigenvalue weighted by Gasteiger charge is -2.22. The standard InChI is InChI=1S/C11H15F3N2O/c1-10(2,7-17)6-16-9-4-3-8(5-15-9)11(12,13)14/h3-5,17H,6-7H2,1-2H3,(H,15,16). The molecule has 0 aliphatic heterocycles. The third-order valence-electron chi connectivity index (χ3n) is 2.27. The molecule has 0 radical (unpaired) electrons. The van der Waals surface area contributed by atoms with Crippen molar-refractivity contribution in [3.63, 3.8) is 0 Å². The van der Waals surface area contributed by atoms with Crippen LogP contribution in [0, 0.1) is 5.41 Å². The molecule has 0 bridgehead atoms. The van der Waals surface area contributed by atoms with Gasteiger partial charge in [-0.2, -0.15) is 13.2 Å². The van der Waals surface area contributed by atoms with Gasteiger partial charge >= 0.3 is 6.18 Å². The van der Waals surface area contributed by atoms with E-state index in [9.17, 15) is 13.2 Å². The van der Waals surface area contributed by atoms with Gasteiger partial charge in [0.15, 0.2) is 0 Å². The molecule has 0 aliphatic carbocycles. The van der Waals surface area contributed by atoms with Gasteiger partial charge < -0.3 is 10.4 Å². The second-order valence-corrected chi connectivity index (χ2v) is 4.61. The minimum atomic E-state index is -4.37. The van der Waals surface area contributed by atoms with Crippen LogP contribution >= 0.6 is 0 Å². The Hall–Kier alpha value is -1.30. The summed E-state index contributed by atoms with van der Waals surface area (Å²) in [5.74, 6) is 0.361. The minimum absolute atomic E-state index is 0.0133. The van der Waals surface area contributed by atoms with Crippen LogP contribution in [0.1, 0.15) is 19.4 Å². The number of aromatic nitrogens is 1. The van der Waals surface area contributed by atoms with Crippen LogP contribution in [-0.4, -0.2) is 23.2 Å². The summed E-state index contributed by atoms with van der Waals surface area (Å²) in [7, 11) is 0. The molecule has 0 atom stereocenters. The highest BCUT2D eigenvalue weighted by molar-refractivity contribution is 5.36. The molecule has 1 aromatic heterocycles. The van der Waals surface area contributed by atoms with Crippen molar-refractivity contribution in [2.75, 3.05) is 18.5 Å². The smallest absolute Gasteiger partial charge is 0.396 e. The maximum Gasteiger partial charge on any atom is 0.417 e. The summed E-state index contributed by atoms with van der Waals surface area (Å²) in [5.41, 5.74) is -1.12. The summed E-state index contributed by atoms with van der Waals surface area (Å²) < 4.78 is 36.8. The Morgan fingerprint density at radius 2 is 1.94 bits per heavy atom. The Bertz CT molecular complexity index is 360. The van der Waals surface area contributed by atoms with E-state index in [0.717, 1.165) is 12.3 Å². The predicted molar refractivity (Wildman–Crippen MR) is 58.6 cm³/mol. The average Bonchev–Trinajstić information content (AvgIpc) is 2.26. The molecule has 96 valence electrons.